The lowest BCUT2D eigenvalue weighted by atomic mass is 9.64. The van der Waals surface area contributed by atoms with Crippen LogP contribution in [0.4, 0.5) is 0 Å². The Bertz CT molecular complexity index is 937. The van der Waals surface area contributed by atoms with Gasteiger partial charge in [-0.3, -0.25) is 0 Å². The van der Waals surface area contributed by atoms with E-state index < -0.39 is 0 Å². The highest BCUT2D eigenvalue weighted by molar-refractivity contribution is 5.82. The molecule has 0 aromatic heterocycles. The molecule has 1 fully saturated rings. The first-order valence-corrected chi connectivity index (χ1v) is 10.5. The van der Waals surface area contributed by atoms with Crippen molar-refractivity contribution in [1.82, 2.24) is 0 Å². The molecule has 0 aliphatic heterocycles. The Morgan fingerprint density at radius 2 is 1.85 bits per heavy atom. The van der Waals surface area contributed by atoms with E-state index in [-0.39, 0.29) is 5.41 Å². The Hall–Kier alpha value is -2.02. The fourth-order valence-corrected chi connectivity index (χ4v) is 6.48. The molecule has 2 bridgehead atoms. The lowest BCUT2D eigenvalue weighted by Crippen LogP contribution is -2.32. The number of allylic oxidation sites excluding steroid dienone is 2. The molecule has 3 aliphatic carbocycles. The summed E-state index contributed by atoms with van der Waals surface area (Å²) in [5, 5.41) is 0. The summed E-state index contributed by atoms with van der Waals surface area (Å²) in [6, 6.07) is 13.9. The third-order valence-corrected chi connectivity index (χ3v) is 7.72. The molecule has 1 heteroatoms. The quantitative estimate of drug-likeness (QED) is 0.517. The molecule has 0 heterocycles. The Balaban J connectivity index is 1.72. The molecule has 0 saturated heterocycles. The van der Waals surface area contributed by atoms with Gasteiger partial charge in [-0.1, -0.05) is 42.8 Å². The van der Waals surface area contributed by atoms with Crippen molar-refractivity contribution in [3.05, 3.63) is 64.7 Å². The maximum Gasteiger partial charge on any atom is 0.122 e. The monoisotopic (exact) mass is 358 g/mol. The summed E-state index contributed by atoms with van der Waals surface area (Å²) in [7, 11) is 1.80. The van der Waals surface area contributed by atoms with E-state index in [1.54, 1.807) is 18.2 Å². The third kappa shape index (κ3) is 2.37. The lowest BCUT2D eigenvalue weighted by molar-refractivity contribution is 0.245. The number of benzene rings is 2. The zero-order chi connectivity index (χ0) is 18.8. The molecule has 0 radical (unpaired) electrons. The van der Waals surface area contributed by atoms with E-state index in [0.29, 0.717) is 5.92 Å². The smallest absolute Gasteiger partial charge is 0.122 e. The zero-order valence-electron chi connectivity index (χ0n) is 17.0. The van der Waals surface area contributed by atoms with E-state index in [0.717, 1.165) is 17.6 Å². The van der Waals surface area contributed by atoms with Crippen molar-refractivity contribution in [3.63, 3.8) is 0 Å². The van der Waals surface area contributed by atoms with Gasteiger partial charge in [0.25, 0.3) is 0 Å². The van der Waals surface area contributed by atoms with Crippen molar-refractivity contribution in [2.45, 2.75) is 51.9 Å². The highest BCUT2D eigenvalue weighted by atomic mass is 16.5. The molecule has 2 aromatic carbocycles. The zero-order valence-corrected chi connectivity index (χ0v) is 17.0. The number of methoxy groups -OCH3 is 1. The summed E-state index contributed by atoms with van der Waals surface area (Å²) in [4.78, 5) is 0. The van der Waals surface area contributed by atoms with Gasteiger partial charge in [0.05, 0.1) is 7.11 Å². The standard InChI is InChI=1S/C26H30O/c1-16-11-19-9-10-26(15-18(3)21(16)13-19)23-8-6-5-7-20(23)22-12-17(2)25(27-4)14-24(22)26/h5-8,11-12,14,18-19,21H,9-10,13,15H2,1-4H3. The summed E-state index contributed by atoms with van der Waals surface area (Å²) >= 11 is 0. The van der Waals surface area contributed by atoms with Gasteiger partial charge in [-0.15, -0.1) is 0 Å². The second kappa shape index (κ2) is 5.99. The van der Waals surface area contributed by atoms with Crippen LogP contribution in [0.3, 0.4) is 0 Å². The van der Waals surface area contributed by atoms with Gasteiger partial charge in [0.2, 0.25) is 0 Å². The maximum absolute atomic E-state index is 5.75. The fourth-order valence-electron chi connectivity index (χ4n) is 6.48. The largest absolute Gasteiger partial charge is 0.496 e. The number of aryl methyl sites for hydroxylation is 1. The number of hydrogen-bond donors (Lipinski definition) is 0. The first kappa shape index (κ1) is 17.1. The summed E-state index contributed by atoms with van der Waals surface area (Å²) < 4.78 is 5.75. The number of fused-ring (bicyclic) bond motifs is 7. The molecule has 4 atom stereocenters. The molecule has 27 heavy (non-hydrogen) atoms. The van der Waals surface area contributed by atoms with E-state index in [1.165, 1.54) is 47.9 Å². The first-order chi connectivity index (χ1) is 13.0. The predicted molar refractivity (Wildman–Crippen MR) is 112 cm³/mol. The minimum absolute atomic E-state index is 0.141. The van der Waals surface area contributed by atoms with E-state index >= 15 is 0 Å². The molecule has 1 saturated carbocycles. The molecule has 0 amide bonds. The van der Waals surface area contributed by atoms with Crippen molar-refractivity contribution < 1.29 is 4.74 Å². The molecule has 3 aliphatic rings. The minimum atomic E-state index is 0.141. The van der Waals surface area contributed by atoms with Gasteiger partial charge >= 0.3 is 0 Å². The summed E-state index contributed by atoms with van der Waals surface area (Å²) in [5.41, 5.74) is 8.96. The van der Waals surface area contributed by atoms with Gasteiger partial charge < -0.3 is 4.74 Å². The Morgan fingerprint density at radius 3 is 2.67 bits per heavy atom. The van der Waals surface area contributed by atoms with E-state index in [9.17, 15) is 0 Å². The fraction of sp³-hybridized carbons (Fsp3) is 0.462. The topological polar surface area (TPSA) is 9.23 Å². The van der Waals surface area contributed by atoms with Crippen molar-refractivity contribution in [1.29, 1.82) is 0 Å². The molecule has 5 rings (SSSR count). The number of ether oxygens (including phenoxy) is 1. The molecule has 2 aromatic rings. The molecule has 4 unspecified atom stereocenters. The minimum Gasteiger partial charge on any atom is -0.496 e. The lowest BCUT2D eigenvalue weighted by Gasteiger charge is -2.39. The predicted octanol–water partition coefficient (Wildman–Crippen LogP) is 6.67. The van der Waals surface area contributed by atoms with Gasteiger partial charge in [0.1, 0.15) is 5.75 Å². The highest BCUT2D eigenvalue weighted by Gasteiger charge is 2.47. The average Bonchev–Trinajstić information content (AvgIpc) is 3.16. The Morgan fingerprint density at radius 1 is 1.04 bits per heavy atom. The van der Waals surface area contributed by atoms with Gasteiger partial charge in [-0.05, 0) is 97.2 Å². The van der Waals surface area contributed by atoms with Gasteiger partial charge in [-0.25, -0.2) is 0 Å². The molecule has 140 valence electrons. The number of hydrogen-bond acceptors (Lipinski definition) is 1. The van der Waals surface area contributed by atoms with Crippen LogP contribution in [0.15, 0.2) is 48.0 Å². The second-order valence-corrected chi connectivity index (χ2v) is 9.23. The summed E-state index contributed by atoms with van der Waals surface area (Å²) in [5.74, 6) is 3.26. The van der Waals surface area contributed by atoms with Crippen LogP contribution in [-0.2, 0) is 5.41 Å². The van der Waals surface area contributed by atoms with E-state index in [2.05, 4.69) is 63.2 Å². The van der Waals surface area contributed by atoms with Crippen LogP contribution < -0.4 is 4.74 Å². The third-order valence-electron chi connectivity index (χ3n) is 7.72. The average molecular weight is 359 g/mol. The van der Waals surface area contributed by atoms with Crippen LogP contribution in [0, 0.1) is 24.7 Å². The summed E-state index contributed by atoms with van der Waals surface area (Å²) in [6.45, 7) is 7.02. The highest BCUT2D eigenvalue weighted by Crippen LogP contribution is 2.58. The molecule has 0 N–H and O–H groups in total. The van der Waals surface area contributed by atoms with Crippen LogP contribution in [-0.4, -0.2) is 7.11 Å². The normalized spacial score (nSPS) is 31.1. The van der Waals surface area contributed by atoms with Crippen molar-refractivity contribution in [2.24, 2.45) is 17.8 Å². The van der Waals surface area contributed by atoms with Crippen molar-refractivity contribution in [2.75, 3.05) is 7.11 Å². The van der Waals surface area contributed by atoms with Crippen LogP contribution in [0.1, 0.15) is 56.2 Å². The van der Waals surface area contributed by atoms with Gasteiger partial charge in [0, 0.05) is 5.41 Å². The van der Waals surface area contributed by atoms with Crippen LogP contribution in [0.2, 0.25) is 0 Å². The molecule has 1 nitrogen and oxygen atoms in total. The van der Waals surface area contributed by atoms with Gasteiger partial charge in [-0.2, -0.15) is 0 Å². The first-order valence-electron chi connectivity index (χ1n) is 10.5. The second-order valence-electron chi connectivity index (χ2n) is 9.23. The van der Waals surface area contributed by atoms with E-state index in [4.69, 9.17) is 4.74 Å². The maximum atomic E-state index is 5.75. The number of rotatable bonds is 1. The van der Waals surface area contributed by atoms with E-state index in [1.807, 2.05) is 0 Å². The molecular weight excluding hydrogens is 328 g/mol. The molecular formula is C26H30O. The Labute approximate surface area is 163 Å². The van der Waals surface area contributed by atoms with Crippen LogP contribution in [0.25, 0.3) is 11.1 Å². The Kier molecular flexibility index (Phi) is 3.79. The van der Waals surface area contributed by atoms with Crippen molar-refractivity contribution in [3.8, 4) is 16.9 Å². The van der Waals surface area contributed by atoms with Crippen LogP contribution >= 0.6 is 0 Å². The SMILES string of the molecule is COc1cc2c(cc1C)-c1ccccc1C21CCC2C=C(C)C(C2)C(C)C1. The van der Waals surface area contributed by atoms with Crippen LogP contribution in [0.5, 0.6) is 5.75 Å². The van der Waals surface area contributed by atoms with Gasteiger partial charge in [0.15, 0.2) is 0 Å². The van der Waals surface area contributed by atoms with Crippen molar-refractivity contribution >= 4 is 0 Å². The molecule has 1 spiro atoms. The summed E-state index contributed by atoms with van der Waals surface area (Å²) in [6.07, 6.45) is 7.73.